The zero-order chi connectivity index (χ0) is 22.9. The van der Waals surface area contributed by atoms with Gasteiger partial charge in [0.25, 0.3) is 0 Å². The molecule has 1 saturated heterocycles. The van der Waals surface area contributed by atoms with Crippen molar-refractivity contribution in [3.63, 3.8) is 0 Å². The highest BCUT2D eigenvalue weighted by Gasteiger charge is 2.35. The maximum absolute atomic E-state index is 13.2. The van der Waals surface area contributed by atoms with Crippen molar-refractivity contribution in [2.75, 3.05) is 23.3 Å². The molecule has 1 aliphatic heterocycles. The molecule has 3 heterocycles. The molecular weight excluding hydrogens is 451 g/mol. The Kier molecular flexibility index (Phi) is 6.46. The molecule has 2 atom stereocenters. The Hall–Kier alpha value is -2.55. The largest absolute Gasteiger partial charge is 0.388 e. The predicted molar refractivity (Wildman–Crippen MR) is 127 cm³/mol. The molecule has 0 saturated carbocycles. The summed E-state index contributed by atoms with van der Waals surface area (Å²) in [5.41, 5.74) is 0.0236. The number of anilines is 2. The summed E-state index contributed by atoms with van der Waals surface area (Å²) in [5.74, 6) is 0.552. The van der Waals surface area contributed by atoms with Crippen molar-refractivity contribution in [1.29, 1.82) is 0 Å². The Morgan fingerprint density at radius 2 is 2.03 bits per heavy atom. The Balaban J connectivity index is 1.48. The third kappa shape index (κ3) is 5.09. The Labute approximate surface area is 196 Å². The molecule has 1 aromatic carbocycles. The van der Waals surface area contributed by atoms with Gasteiger partial charge in [-0.1, -0.05) is 23.2 Å². The number of carbonyl (C=O) groups is 1. The zero-order valence-electron chi connectivity index (χ0n) is 17.9. The van der Waals surface area contributed by atoms with Crippen molar-refractivity contribution < 1.29 is 9.90 Å². The maximum Gasteiger partial charge on any atom is 0.245 e. The Morgan fingerprint density at radius 1 is 1.28 bits per heavy atom. The fourth-order valence-electron chi connectivity index (χ4n) is 4.05. The van der Waals surface area contributed by atoms with Crippen LogP contribution in [0.3, 0.4) is 0 Å². The Morgan fingerprint density at radius 3 is 2.75 bits per heavy atom. The number of carbonyl (C=O) groups excluding carboxylic acids is 1. The standard InChI is InChI=1S/C22H26Cl2N6O2/c1-22(2,32)18(28-16-9-13(23)8-14(24)10-16)21(31)29-15-4-3-7-30(11-15)20-17-5-6-25-19(17)26-12-27-20/h5-6,8-10,12,15,18,28,32H,3-4,7,11H2,1-2H3,(H,29,31)(H,25,26,27)/t15-,18+/m1/s1. The van der Waals surface area contributed by atoms with Gasteiger partial charge in [-0.05, 0) is 51.0 Å². The van der Waals surface area contributed by atoms with E-state index < -0.39 is 11.6 Å². The summed E-state index contributed by atoms with van der Waals surface area (Å²) in [6.45, 7) is 4.64. The van der Waals surface area contributed by atoms with E-state index in [2.05, 4.69) is 30.5 Å². The second-order valence-corrected chi connectivity index (χ2v) is 9.49. The van der Waals surface area contributed by atoms with E-state index in [0.29, 0.717) is 22.3 Å². The number of amides is 1. The molecular formula is C22H26Cl2N6O2. The van der Waals surface area contributed by atoms with Gasteiger partial charge in [-0.25, -0.2) is 9.97 Å². The number of nitrogens with zero attached hydrogens (tertiary/aromatic N) is 3. The molecule has 3 aromatic rings. The first-order valence-electron chi connectivity index (χ1n) is 10.5. The number of benzene rings is 1. The highest BCUT2D eigenvalue weighted by Crippen LogP contribution is 2.27. The van der Waals surface area contributed by atoms with Gasteiger partial charge in [-0.15, -0.1) is 0 Å². The minimum absolute atomic E-state index is 0.0881. The molecule has 4 N–H and O–H groups in total. The third-order valence-corrected chi connectivity index (χ3v) is 5.98. The minimum atomic E-state index is -1.32. The average Bonchev–Trinajstić information content (AvgIpc) is 3.19. The molecule has 170 valence electrons. The van der Waals surface area contributed by atoms with E-state index in [1.54, 1.807) is 38.4 Å². The van der Waals surface area contributed by atoms with Crippen LogP contribution in [0, 0.1) is 0 Å². The number of aromatic nitrogens is 3. The number of piperidine rings is 1. The molecule has 1 aliphatic rings. The molecule has 0 spiro atoms. The lowest BCUT2D eigenvalue weighted by atomic mass is 9.96. The van der Waals surface area contributed by atoms with Gasteiger partial charge in [0.1, 0.15) is 23.8 Å². The van der Waals surface area contributed by atoms with Crippen LogP contribution in [-0.4, -0.2) is 56.7 Å². The van der Waals surface area contributed by atoms with E-state index in [1.807, 2.05) is 12.3 Å². The lowest BCUT2D eigenvalue weighted by molar-refractivity contribution is -0.127. The lowest BCUT2D eigenvalue weighted by Crippen LogP contribution is -2.57. The maximum atomic E-state index is 13.2. The molecule has 1 amide bonds. The molecule has 32 heavy (non-hydrogen) atoms. The van der Waals surface area contributed by atoms with Crippen molar-refractivity contribution in [1.82, 2.24) is 20.3 Å². The zero-order valence-corrected chi connectivity index (χ0v) is 19.4. The minimum Gasteiger partial charge on any atom is -0.388 e. The van der Waals surface area contributed by atoms with Crippen molar-refractivity contribution in [3.05, 3.63) is 46.8 Å². The molecule has 2 aromatic heterocycles. The van der Waals surface area contributed by atoms with Gasteiger partial charge in [0.2, 0.25) is 5.91 Å². The quantitative estimate of drug-likeness (QED) is 0.433. The van der Waals surface area contributed by atoms with Gasteiger partial charge < -0.3 is 25.6 Å². The topological polar surface area (TPSA) is 106 Å². The van der Waals surface area contributed by atoms with Gasteiger partial charge in [0.05, 0.1) is 11.0 Å². The number of aromatic amines is 1. The Bertz CT molecular complexity index is 1090. The van der Waals surface area contributed by atoms with Crippen LogP contribution in [0.15, 0.2) is 36.8 Å². The number of aliphatic hydroxyl groups is 1. The second kappa shape index (κ2) is 9.13. The molecule has 4 rings (SSSR count). The molecule has 0 bridgehead atoms. The molecule has 8 nitrogen and oxygen atoms in total. The van der Waals surface area contributed by atoms with E-state index in [-0.39, 0.29) is 11.9 Å². The van der Waals surface area contributed by atoms with Crippen LogP contribution >= 0.6 is 23.2 Å². The molecule has 1 fully saturated rings. The number of halogens is 2. The van der Waals surface area contributed by atoms with E-state index in [0.717, 1.165) is 36.2 Å². The van der Waals surface area contributed by atoms with E-state index >= 15 is 0 Å². The second-order valence-electron chi connectivity index (χ2n) is 8.62. The monoisotopic (exact) mass is 476 g/mol. The van der Waals surface area contributed by atoms with Crippen LogP contribution in [-0.2, 0) is 4.79 Å². The number of fused-ring (bicyclic) bond motifs is 1. The summed E-state index contributed by atoms with van der Waals surface area (Å²) in [6, 6.07) is 5.91. The number of hydrogen-bond donors (Lipinski definition) is 4. The van der Waals surface area contributed by atoms with Crippen molar-refractivity contribution in [2.24, 2.45) is 0 Å². The number of nitrogens with one attached hydrogen (secondary N) is 3. The lowest BCUT2D eigenvalue weighted by Gasteiger charge is -2.36. The molecule has 0 unspecified atom stereocenters. The first-order chi connectivity index (χ1) is 15.2. The van der Waals surface area contributed by atoms with Crippen LogP contribution in [0.2, 0.25) is 10.0 Å². The fraction of sp³-hybridized carbons (Fsp3) is 0.409. The molecule has 0 radical (unpaired) electrons. The van der Waals surface area contributed by atoms with E-state index in [4.69, 9.17) is 23.2 Å². The average molecular weight is 477 g/mol. The highest BCUT2D eigenvalue weighted by molar-refractivity contribution is 6.35. The normalized spacial score (nSPS) is 17.9. The third-order valence-electron chi connectivity index (χ3n) is 5.54. The van der Waals surface area contributed by atoms with Crippen molar-refractivity contribution in [3.8, 4) is 0 Å². The molecule has 10 heteroatoms. The van der Waals surface area contributed by atoms with Crippen molar-refractivity contribution in [2.45, 2.75) is 44.4 Å². The van der Waals surface area contributed by atoms with Crippen LogP contribution in [0.5, 0.6) is 0 Å². The number of H-pyrrole nitrogens is 1. The predicted octanol–water partition coefficient (Wildman–Crippen LogP) is 3.60. The summed E-state index contributed by atoms with van der Waals surface area (Å²) in [4.78, 5) is 27.2. The van der Waals surface area contributed by atoms with Crippen molar-refractivity contribution >= 4 is 51.6 Å². The van der Waals surface area contributed by atoms with E-state index in [1.165, 1.54) is 0 Å². The number of rotatable bonds is 6. The van der Waals surface area contributed by atoms with Gasteiger partial charge in [0.15, 0.2) is 0 Å². The van der Waals surface area contributed by atoms with Crippen LogP contribution in [0.1, 0.15) is 26.7 Å². The number of hydrogen-bond acceptors (Lipinski definition) is 6. The van der Waals surface area contributed by atoms with E-state index in [9.17, 15) is 9.90 Å². The van der Waals surface area contributed by atoms with Gasteiger partial charge in [0, 0.05) is 41.1 Å². The van der Waals surface area contributed by atoms with Gasteiger partial charge in [-0.2, -0.15) is 0 Å². The summed E-state index contributed by atoms with van der Waals surface area (Å²) in [7, 11) is 0. The van der Waals surface area contributed by atoms with Gasteiger partial charge >= 0.3 is 0 Å². The summed E-state index contributed by atoms with van der Waals surface area (Å²) in [6.07, 6.45) is 5.13. The summed E-state index contributed by atoms with van der Waals surface area (Å²) >= 11 is 12.2. The first kappa shape index (κ1) is 22.6. The molecule has 0 aliphatic carbocycles. The van der Waals surface area contributed by atoms with Crippen LogP contribution < -0.4 is 15.5 Å². The fourth-order valence-corrected chi connectivity index (χ4v) is 4.58. The smallest absolute Gasteiger partial charge is 0.245 e. The van der Waals surface area contributed by atoms with Crippen LogP contribution in [0.4, 0.5) is 11.5 Å². The first-order valence-corrected chi connectivity index (χ1v) is 11.2. The van der Waals surface area contributed by atoms with Gasteiger partial charge in [-0.3, -0.25) is 4.79 Å². The summed E-state index contributed by atoms with van der Waals surface area (Å²) in [5, 5.41) is 18.7. The SMILES string of the molecule is CC(C)(O)[C@@H](Nc1cc(Cl)cc(Cl)c1)C(=O)N[C@@H]1CCCN(c2ncnc3[nH]ccc23)C1. The van der Waals surface area contributed by atoms with Crippen LogP contribution in [0.25, 0.3) is 11.0 Å². The summed E-state index contributed by atoms with van der Waals surface area (Å²) < 4.78 is 0. The highest BCUT2D eigenvalue weighted by atomic mass is 35.5.